The normalized spacial score (nSPS) is 17.0. The van der Waals surface area contributed by atoms with Crippen LogP contribution in [0, 0.1) is 5.82 Å². The molecule has 0 bridgehead atoms. The molecule has 0 aliphatic carbocycles. The Morgan fingerprint density at radius 2 is 2.10 bits per heavy atom. The van der Waals surface area contributed by atoms with E-state index in [2.05, 4.69) is 15.9 Å². The Morgan fingerprint density at radius 3 is 2.95 bits per heavy atom. The van der Waals surface area contributed by atoms with Gasteiger partial charge >= 0.3 is 0 Å². The molecule has 0 aromatic heterocycles. The Hall–Kier alpha value is -1.13. The van der Waals surface area contributed by atoms with Crippen LogP contribution in [0.3, 0.4) is 0 Å². The third-order valence-corrected chi connectivity index (χ3v) is 5.42. The number of hydrogen-bond acceptors (Lipinski definition) is 2. The maximum atomic E-state index is 13.3. The lowest BCUT2D eigenvalue weighted by Gasteiger charge is -2.10. The van der Waals surface area contributed by atoms with Gasteiger partial charge in [-0.2, -0.15) is 0 Å². The van der Waals surface area contributed by atoms with Gasteiger partial charge in [0.15, 0.2) is 0 Å². The minimum absolute atomic E-state index is 0.0774. The van der Waals surface area contributed by atoms with E-state index in [9.17, 15) is 9.18 Å². The summed E-state index contributed by atoms with van der Waals surface area (Å²) in [6, 6.07) is 12.5. The fourth-order valence-electron chi connectivity index (χ4n) is 2.42. The Balaban J connectivity index is 1.83. The molecule has 2 aromatic rings. The maximum Gasteiger partial charge on any atom is 0.145 e. The van der Waals surface area contributed by atoms with Crippen LogP contribution in [-0.4, -0.2) is 11.5 Å². The summed E-state index contributed by atoms with van der Waals surface area (Å²) >= 11 is 5.09. The molecule has 3 rings (SSSR count). The fraction of sp³-hybridized carbons (Fsp3) is 0.188. The van der Waals surface area contributed by atoms with Gasteiger partial charge in [-0.05, 0) is 35.4 Å². The average Bonchev–Trinajstić information content (AvgIpc) is 2.87. The molecule has 102 valence electrons. The molecule has 20 heavy (non-hydrogen) atoms. The quantitative estimate of drug-likeness (QED) is 0.805. The number of carbonyl (C=O) groups excluding carboxylic acids is 1. The molecule has 0 amide bonds. The summed E-state index contributed by atoms with van der Waals surface area (Å²) in [6.45, 7) is 0. The number of benzene rings is 2. The zero-order valence-corrected chi connectivity index (χ0v) is 13.0. The summed E-state index contributed by atoms with van der Waals surface area (Å²) in [5, 5.41) is 0. The third kappa shape index (κ3) is 2.67. The molecule has 1 atom stereocenters. The molecule has 0 fully saturated rings. The average molecular weight is 351 g/mol. The third-order valence-electron chi connectivity index (χ3n) is 3.46. The molecule has 4 heteroatoms. The van der Waals surface area contributed by atoms with Crippen LogP contribution in [0.25, 0.3) is 0 Å². The number of hydrogen-bond donors (Lipinski definition) is 0. The molecular formula is C16H12BrFOS. The number of thioether (sulfide) groups is 1. The standard InChI is InChI=1S/C16H12BrFOS/c17-14-6-5-11(18)7-10(14)8-15(19)13-9-20-16-4-2-1-3-12(13)16/h1-7,13H,8-9H2. The smallest absolute Gasteiger partial charge is 0.145 e. The van der Waals surface area contributed by atoms with Crippen LogP contribution < -0.4 is 0 Å². The Kier molecular flexibility index (Phi) is 3.94. The molecule has 2 aromatic carbocycles. The van der Waals surface area contributed by atoms with Crippen LogP contribution in [0.4, 0.5) is 4.39 Å². The summed E-state index contributed by atoms with van der Waals surface area (Å²) in [4.78, 5) is 13.7. The number of carbonyl (C=O) groups is 1. The highest BCUT2D eigenvalue weighted by Crippen LogP contribution is 2.40. The van der Waals surface area contributed by atoms with E-state index in [4.69, 9.17) is 0 Å². The van der Waals surface area contributed by atoms with Gasteiger partial charge in [-0.1, -0.05) is 34.1 Å². The van der Waals surface area contributed by atoms with Crippen LogP contribution in [0.5, 0.6) is 0 Å². The Labute approximate surface area is 129 Å². The number of rotatable bonds is 3. The van der Waals surface area contributed by atoms with Crippen LogP contribution in [0.15, 0.2) is 51.8 Å². The van der Waals surface area contributed by atoms with Gasteiger partial charge in [0.25, 0.3) is 0 Å². The summed E-state index contributed by atoms with van der Waals surface area (Å²) in [5.74, 6) is 0.544. The monoisotopic (exact) mass is 350 g/mol. The maximum absolute atomic E-state index is 13.3. The molecule has 1 aliphatic heterocycles. The molecule has 0 saturated heterocycles. The predicted molar refractivity (Wildman–Crippen MR) is 82.7 cm³/mol. The zero-order valence-electron chi connectivity index (χ0n) is 10.6. The van der Waals surface area contributed by atoms with Crippen molar-refractivity contribution in [2.45, 2.75) is 17.2 Å². The lowest BCUT2D eigenvalue weighted by Crippen LogP contribution is -2.15. The summed E-state index contributed by atoms with van der Waals surface area (Å²) in [7, 11) is 0. The first-order valence-corrected chi connectivity index (χ1v) is 8.11. The van der Waals surface area contributed by atoms with Crippen molar-refractivity contribution in [3.63, 3.8) is 0 Å². The first-order valence-electron chi connectivity index (χ1n) is 6.33. The highest BCUT2D eigenvalue weighted by molar-refractivity contribution is 9.10. The molecular weight excluding hydrogens is 339 g/mol. The van der Waals surface area contributed by atoms with Crippen molar-refractivity contribution in [2.24, 2.45) is 0 Å². The lowest BCUT2D eigenvalue weighted by atomic mass is 9.93. The second-order valence-electron chi connectivity index (χ2n) is 4.78. The van der Waals surface area contributed by atoms with Gasteiger partial charge in [0.1, 0.15) is 11.6 Å². The lowest BCUT2D eigenvalue weighted by molar-refractivity contribution is -0.119. The predicted octanol–water partition coefficient (Wildman–Crippen LogP) is 4.59. The largest absolute Gasteiger partial charge is 0.299 e. The van der Waals surface area contributed by atoms with E-state index in [1.807, 2.05) is 24.3 Å². The van der Waals surface area contributed by atoms with Gasteiger partial charge in [0.05, 0.1) is 5.92 Å². The molecule has 0 radical (unpaired) electrons. The molecule has 1 nitrogen and oxygen atoms in total. The van der Waals surface area contributed by atoms with Crippen molar-refractivity contribution in [3.8, 4) is 0 Å². The van der Waals surface area contributed by atoms with E-state index in [0.717, 1.165) is 15.8 Å². The van der Waals surface area contributed by atoms with Crippen molar-refractivity contribution >= 4 is 33.5 Å². The van der Waals surface area contributed by atoms with Crippen molar-refractivity contribution in [1.29, 1.82) is 0 Å². The molecule has 0 N–H and O–H groups in total. The van der Waals surface area contributed by atoms with E-state index in [0.29, 0.717) is 5.56 Å². The van der Waals surface area contributed by atoms with Gasteiger partial charge < -0.3 is 0 Å². The molecule has 0 saturated carbocycles. The minimum Gasteiger partial charge on any atom is -0.299 e. The van der Waals surface area contributed by atoms with Gasteiger partial charge in [-0.15, -0.1) is 11.8 Å². The zero-order chi connectivity index (χ0) is 14.1. The van der Waals surface area contributed by atoms with Gasteiger partial charge in [0, 0.05) is 21.5 Å². The first kappa shape index (κ1) is 13.8. The molecule has 1 unspecified atom stereocenters. The van der Waals surface area contributed by atoms with Crippen LogP contribution in [-0.2, 0) is 11.2 Å². The van der Waals surface area contributed by atoms with Crippen molar-refractivity contribution in [1.82, 2.24) is 0 Å². The summed E-state index contributed by atoms with van der Waals surface area (Å²) in [6.07, 6.45) is 0.262. The van der Waals surface area contributed by atoms with Gasteiger partial charge in [0.2, 0.25) is 0 Å². The van der Waals surface area contributed by atoms with E-state index >= 15 is 0 Å². The van der Waals surface area contributed by atoms with E-state index in [1.165, 1.54) is 17.0 Å². The fourth-order valence-corrected chi connectivity index (χ4v) is 4.07. The van der Waals surface area contributed by atoms with Crippen molar-refractivity contribution in [3.05, 3.63) is 63.9 Å². The van der Waals surface area contributed by atoms with Crippen molar-refractivity contribution < 1.29 is 9.18 Å². The second-order valence-corrected chi connectivity index (χ2v) is 6.70. The summed E-state index contributed by atoms with van der Waals surface area (Å²) < 4.78 is 14.1. The number of fused-ring (bicyclic) bond motifs is 1. The van der Waals surface area contributed by atoms with Crippen molar-refractivity contribution in [2.75, 3.05) is 5.75 Å². The molecule has 0 spiro atoms. The minimum atomic E-state index is -0.308. The van der Waals surface area contributed by atoms with Gasteiger partial charge in [-0.25, -0.2) is 4.39 Å². The van der Waals surface area contributed by atoms with E-state index < -0.39 is 0 Å². The highest BCUT2D eigenvalue weighted by atomic mass is 79.9. The molecule has 1 heterocycles. The Bertz CT molecular complexity index is 671. The topological polar surface area (TPSA) is 17.1 Å². The SMILES string of the molecule is O=C(Cc1cc(F)ccc1Br)C1CSc2ccccc21. The van der Waals surface area contributed by atoms with Gasteiger partial charge in [-0.3, -0.25) is 4.79 Å². The van der Waals surface area contributed by atoms with Crippen LogP contribution in [0.1, 0.15) is 17.0 Å². The second kappa shape index (κ2) is 5.70. The Morgan fingerprint density at radius 1 is 1.30 bits per heavy atom. The number of ketones is 1. The first-order chi connectivity index (χ1) is 9.65. The highest BCUT2D eigenvalue weighted by Gasteiger charge is 2.28. The van der Waals surface area contributed by atoms with E-state index in [1.54, 1.807) is 17.8 Å². The van der Waals surface area contributed by atoms with E-state index in [-0.39, 0.29) is 23.9 Å². The number of halogens is 2. The number of Topliss-reactive ketones (excluding diaryl/α,β-unsaturated/α-hetero) is 1. The summed E-state index contributed by atoms with van der Waals surface area (Å²) in [5.41, 5.74) is 1.82. The van der Waals surface area contributed by atoms with Crippen LogP contribution in [0.2, 0.25) is 0 Å². The molecule has 1 aliphatic rings. The van der Waals surface area contributed by atoms with Crippen LogP contribution >= 0.6 is 27.7 Å².